The molecule has 102 valence electrons. The highest BCUT2D eigenvalue weighted by Gasteiger charge is 2.14. The predicted octanol–water partition coefficient (Wildman–Crippen LogP) is 2.40. The summed E-state index contributed by atoms with van der Waals surface area (Å²) in [5.74, 6) is -0.329. The minimum Gasteiger partial charge on any atom is -0.360 e. The van der Waals surface area contributed by atoms with Crippen LogP contribution in [0.5, 0.6) is 0 Å². The van der Waals surface area contributed by atoms with E-state index in [-0.39, 0.29) is 10.9 Å². The zero-order valence-corrected chi connectivity index (χ0v) is 11.9. The Balaban J connectivity index is 2.16. The second kappa shape index (κ2) is 6.12. The zero-order valence-electron chi connectivity index (χ0n) is 11.1. The molecule has 1 aromatic heterocycles. The number of benzene rings is 1. The Hall–Kier alpha value is -2.46. The van der Waals surface area contributed by atoms with E-state index in [1.807, 2.05) is 19.9 Å². The fraction of sp³-hybridized carbons (Fsp3) is 0.231. The summed E-state index contributed by atoms with van der Waals surface area (Å²) >= 11 is 1.19. The second-order valence-electron chi connectivity index (χ2n) is 4.04. The molecule has 0 aliphatic carbocycles. The minimum absolute atomic E-state index is 0.280. The van der Waals surface area contributed by atoms with E-state index in [1.54, 1.807) is 18.2 Å². The van der Waals surface area contributed by atoms with Crippen LogP contribution in [0.25, 0.3) is 0 Å². The molecule has 0 aliphatic heterocycles. The Morgan fingerprint density at radius 2 is 2.25 bits per heavy atom. The van der Waals surface area contributed by atoms with E-state index >= 15 is 0 Å². The van der Waals surface area contributed by atoms with Gasteiger partial charge in [-0.2, -0.15) is 5.26 Å². The molecule has 1 amide bonds. The monoisotopic (exact) mass is 287 g/mol. The van der Waals surface area contributed by atoms with Crippen LogP contribution in [-0.4, -0.2) is 22.6 Å². The predicted molar refractivity (Wildman–Crippen MR) is 77.9 cm³/mol. The van der Waals surface area contributed by atoms with Crippen LogP contribution >= 0.6 is 11.3 Å². The topological polar surface area (TPSA) is 90.7 Å². The Bertz CT molecular complexity index is 674. The first-order chi connectivity index (χ1) is 9.63. The summed E-state index contributed by atoms with van der Waals surface area (Å²) in [4.78, 5) is 12.1. The summed E-state index contributed by atoms with van der Waals surface area (Å²) in [7, 11) is 0. The zero-order chi connectivity index (χ0) is 14.5. The number of aromatic nitrogens is 2. The van der Waals surface area contributed by atoms with Crippen molar-refractivity contribution in [3.63, 3.8) is 0 Å². The number of carbonyl (C=O) groups excluding carboxylic acids is 1. The van der Waals surface area contributed by atoms with Crippen molar-refractivity contribution in [3.8, 4) is 6.07 Å². The van der Waals surface area contributed by atoms with Gasteiger partial charge < -0.3 is 10.6 Å². The maximum atomic E-state index is 12.1. The molecule has 20 heavy (non-hydrogen) atoms. The van der Waals surface area contributed by atoms with E-state index in [0.29, 0.717) is 16.4 Å². The van der Waals surface area contributed by atoms with Gasteiger partial charge >= 0.3 is 0 Å². The number of aryl methyl sites for hydroxylation is 1. The first-order valence-electron chi connectivity index (χ1n) is 6.03. The molecule has 0 saturated heterocycles. The lowest BCUT2D eigenvalue weighted by Gasteiger charge is -2.06. The van der Waals surface area contributed by atoms with Gasteiger partial charge in [0.2, 0.25) is 10.1 Å². The number of amides is 1. The second-order valence-corrected chi connectivity index (χ2v) is 5.02. The van der Waals surface area contributed by atoms with Gasteiger partial charge in [0.1, 0.15) is 0 Å². The van der Waals surface area contributed by atoms with E-state index in [2.05, 4.69) is 20.8 Å². The molecule has 0 aliphatic rings. The van der Waals surface area contributed by atoms with Crippen molar-refractivity contribution < 1.29 is 4.79 Å². The highest BCUT2D eigenvalue weighted by atomic mass is 32.1. The molecule has 1 heterocycles. The Labute approximate surface area is 120 Å². The van der Waals surface area contributed by atoms with E-state index in [4.69, 9.17) is 5.26 Å². The molecule has 0 radical (unpaired) electrons. The van der Waals surface area contributed by atoms with E-state index in [9.17, 15) is 4.79 Å². The van der Waals surface area contributed by atoms with Gasteiger partial charge in [0.05, 0.1) is 11.6 Å². The van der Waals surface area contributed by atoms with Crippen molar-refractivity contribution in [1.82, 2.24) is 10.2 Å². The molecular weight excluding hydrogens is 274 g/mol. The van der Waals surface area contributed by atoms with E-state index in [0.717, 1.165) is 12.1 Å². The number of hydrogen-bond acceptors (Lipinski definition) is 6. The first kappa shape index (κ1) is 14.0. The number of nitrogens with one attached hydrogen (secondary N) is 2. The highest BCUT2D eigenvalue weighted by Crippen LogP contribution is 2.20. The Kier molecular flexibility index (Phi) is 4.27. The lowest BCUT2D eigenvalue weighted by atomic mass is 10.1. The standard InChI is InChI=1S/C13H13N5OS/c1-3-15-13-18-17-12(20-13)11(19)16-10-6-9(7-14)5-4-8(10)2/h4-6H,3H2,1-2H3,(H,15,18)(H,16,19). The van der Waals surface area contributed by atoms with Crippen LogP contribution in [0, 0.1) is 18.3 Å². The maximum absolute atomic E-state index is 12.1. The van der Waals surface area contributed by atoms with E-state index < -0.39 is 0 Å². The van der Waals surface area contributed by atoms with Crippen LogP contribution in [-0.2, 0) is 0 Å². The fourth-order valence-corrected chi connectivity index (χ4v) is 2.25. The number of carbonyl (C=O) groups is 1. The Morgan fingerprint density at radius 1 is 1.45 bits per heavy atom. The third-order valence-electron chi connectivity index (χ3n) is 2.56. The molecule has 0 saturated carbocycles. The normalized spacial score (nSPS) is 9.85. The molecule has 0 bridgehead atoms. The number of nitrogens with zero attached hydrogens (tertiary/aromatic N) is 3. The lowest BCUT2D eigenvalue weighted by molar-refractivity contribution is 0.102. The Morgan fingerprint density at radius 3 is 2.95 bits per heavy atom. The van der Waals surface area contributed by atoms with Gasteiger partial charge in [-0.05, 0) is 31.5 Å². The van der Waals surface area contributed by atoms with Crippen LogP contribution in [0.2, 0.25) is 0 Å². The minimum atomic E-state index is -0.329. The maximum Gasteiger partial charge on any atom is 0.286 e. The molecule has 1 aromatic carbocycles. The summed E-state index contributed by atoms with van der Waals surface area (Å²) in [5.41, 5.74) is 1.99. The molecule has 2 aromatic rings. The molecule has 0 unspecified atom stereocenters. The fourth-order valence-electron chi connectivity index (χ4n) is 1.54. The summed E-state index contributed by atoms with van der Waals surface area (Å²) in [6, 6.07) is 7.18. The molecule has 7 heteroatoms. The highest BCUT2D eigenvalue weighted by molar-refractivity contribution is 7.17. The summed E-state index contributed by atoms with van der Waals surface area (Å²) in [5, 5.41) is 23.2. The van der Waals surface area contributed by atoms with Crippen molar-refractivity contribution in [3.05, 3.63) is 34.3 Å². The molecule has 0 fully saturated rings. The smallest absolute Gasteiger partial charge is 0.286 e. The lowest BCUT2D eigenvalue weighted by Crippen LogP contribution is -2.12. The molecule has 2 rings (SSSR count). The van der Waals surface area contributed by atoms with Gasteiger partial charge in [0, 0.05) is 12.2 Å². The van der Waals surface area contributed by atoms with E-state index in [1.165, 1.54) is 11.3 Å². The average Bonchev–Trinajstić information content (AvgIpc) is 2.90. The van der Waals surface area contributed by atoms with Crippen molar-refractivity contribution in [2.75, 3.05) is 17.2 Å². The van der Waals surface area contributed by atoms with Crippen LogP contribution < -0.4 is 10.6 Å². The molecule has 2 N–H and O–H groups in total. The number of anilines is 2. The van der Waals surface area contributed by atoms with Crippen LogP contribution in [0.3, 0.4) is 0 Å². The largest absolute Gasteiger partial charge is 0.360 e. The van der Waals surface area contributed by atoms with Crippen LogP contribution in [0.4, 0.5) is 10.8 Å². The number of rotatable bonds is 4. The third-order valence-corrected chi connectivity index (χ3v) is 3.44. The van der Waals surface area contributed by atoms with Gasteiger partial charge in [-0.1, -0.05) is 17.4 Å². The summed E-state index contributed by atoms with van der Waals surface area (Å²) in [6.45, 7) is 4.53. The molecular formula is C13H13N5OS. The van der Waals surface area contributed by atoms with Gasteiger partial charge in [-0.15, -0.1) is 10.2 Å². The van der Waals surface area contributed by atoms with Crippen molar-refractivity contribution in [1.29, 1.82) is 5.26 Å². The SMILES string of the molecule is CCNc1nnc(C(=O)Nc2cc(C#N)ccc2C)s1. The van der Waals surface area contributed by atoms with Crippen molar-refractivity contribution in [2.24, 2.45) is 0 Å². The number of hydrogen-bond donors (Lipinski definition) is 2. The summed E-state index contributed by atoms with van der Waals surface area (Å²) in [6.07, 6.45) is 0. The third kappa shape index (κ3) is 3.10. The average molecular weight is 287 g/mol. The molecule has 0 atom stereocenters. The number of nitriles is 1. The van der Waals surface area contributed by atoms with Gasteiger partial charge in [0.15, 0.2) is 0 Å². The van der Waals surface area contributed by atoms with Crippen LogP contribution in [0.15, 0.2) is 18.2 Å². The van der Waals surface area contributed by atoms with Gasteiger partial charge in [-0.25, -0.2) is 0 Å². The van der Waals surface area contributed by atoms with Gasteiger partial charge in [0.25, 0.3) is 5.91 Å². The quantitative estimate of drug-likeness (QED) is 0.901. The van der Waals surface area contributed by atoms with Gasteiger partial charge in [-0.3, -0.25) is 4.79 Å². The van der Waals surface area contributed by atoms with Crippen molar-refractivity contribution >= 4 is 28.1 Å². The van der Waals surface area contributed by atoms with Crippen molar-refractivity contribution in [2.45, 2.75) is 13.8 Å². The first-order valence-corrected chi connectivity index (χ1v) is 6.85. The van der Waals surface area contributed by atoms with Crippen LogP contribution in [0.1, 0.15) is 27.9 Å². The molecule has 6 nitrogen and oxygen atoms in total. The molecule has 0 spiro atoms. The summed E-state index contributed by atoms with van der Waals surface area (Å²) < 4.78 is 0.